The second kappa shape index (κ2) is 0.808. The maximum absolute atomic E-state index is 5.01. The fourth-order valence-electron chi connectivity index (χ4n) is 0.679. The van der Waals surface area contributed by atoms with Crippen molar-refractivity contribution in [3.05, 3.63) is 24.3 Å². The van der Waals surface area contributed by atoms with Gasteiger partial charge in [-0.1, -0.05) is 6.07 Å². The van der Waals surface area contributed by atoms with E-state index in [4.69, 9.17) is 4.74 Å². The van der Waals surface area contributed by atoms with Gasteiger partial charge in [-0.3, -0.25) is 0 Å². The van der Waals surface area contributed by atoms with Crippen LogP contribution >= 0.6 is 0 Å². The summed E-state index contributed by atoms with van der Waals surface area (Å²) in [6, 6.07) is 7.86. The molecule has 1 aromatic carbocycles. The summed E-state index contributed by atoms with van der Waals surface area (Å²) < 4.78 is 5.01. The van der Waals surface area contributed by atoms with Gasteiger partial charge in [-0.25, -0.2) is 0 Å². The van der Waals surface area contributed by atoms with Crippen LogP contribution in [0.5, 0.6) is 11.5 Å². The average Bonchev–Trinajstić information content (AvgIpc) is 1.67. The summed E-state index contributed by atoms with van der Waals surface area (Å²) in [4.78, 5) is 0. The van der Waals surface area contributed by atoms with Crippen LogP contribution in [-0.4, -0.2) is 0 Å². The van der Waals surface area contributed by atoms with Gasteiger partial charge in [-0.15, -0.1) is 0 Å². The van der Waals surface area contributed by atoms with Gasteiger partial charge in [0.1, 0.15) is 11.5 Å². The fraction of sp³-hybridized carbons (Fsp3) is 0. The largest absolute Gasteiger partial charge is 0.457 e. The summed E-state index contributed by atoms with van der Waals surface area (Å²) in [6.45, 7) is 0. The lowest BCUT2D eigenvalue weighted by atomic mass is 10.2. The minimum Gasteiger partial charge on any atom is -0.457 e. The molecule has 0 atom stereocenters. The molecule has 3 rings (SSSR count). The summed E-state index contributed by atoms with van der Waals surface area (Å²) in [5, 5.41) is 0. The summed E-state index contributed by atoms with van der Waals surface area (Å²) >= 11 is 0. The molecule has 1 nitrogen and oxygen atoms in total. The highest BCUT2D eigenvalue weighted by atomic mass is 16.5. The van der Waals surface area contributed by atoms with E-state index in [1.807, 2.05) is 24.3 Å². The molecular weight excluding hydrogens is 88.1 g/mol. The fourth-order valence-corrected chi connectivity index (χ4v) is 0.679. The molecule has 1 aromatic rings. The lowest BCUT2D eigenvalue weighted by Crippen LogP contribution is -1.91. The molecule has 2 aliphatic heterocycles. The molecule has 7 heavy (non-hydrogen) atoms. The highest BCUT2D eigenvalue weighted by Crippen LogP contribution is 2.32. The predicted octanol–water partition coefficient (Wildman–Crippen LogP) is 1.79. The molecule has 0 aromatic heterocycles. The molecule has 2 aliphatic rings. The van der Waals surface area contributed by atoms with E-state index >= 15 is 0 Å². The molecule has 0 aliphatic carbocycles. The first-order valence-corrected chi connectivity index (χ1v) is 2.23. The maximum Gasteiger partial charge on any atom is 0.131 e. The minimum absolute atomic E-state index is 0.984. The van der Waals surface area contributed by atoms with Crippen LogP contribution in [0, 0.1) is 0 Å². The van der Waals surface area contributed by atoms with Crippen molar-refractivity contribution in [3.8, 4) is 11.5 Å². The Labute approximate surface area is 41.5 Å². The molecule has 0 saturated heterocycles. The van der Waals surface area contributed by atoms with E-state index in [1.54, 1.807) is 0 Å². The van der Waals surface area contributed by atoms with Gasteiger partial charge in [0.25, 0.3) is 0 Å². The Balaban J connectivity index is 2.78. The van der Waals surface area contributed by atoms with Gasteiger partial charge in [-0.2, -0.15) is 0 Å². The molecule has 0 N–H and O–H groups in total. The van der Waals surface area contributed by atoms with Crippen molar-refractivity contribution < 1.29 is 4.74 Å². The molecule has 0 fully saturated rings. The average molecular weight is 92.1 g/mol. The van der Waals surface area contributed by atoms with Crippen LogP contribution in [0.2, 0.25) is 0 Å². The van der Waals surface area contributed by atoms with Crippen molar-refractivity contribution >= 4 is 0 Å². The Kier molecular flexibility index (Phi) is 0.355. The number of benzene rings is 1. The van der Waals surface area contributed by atoms with Crippen molar-refractivity contribution in [1.82, 2.24) is 0 Å². The molecule has 0 saturated carbocycles. The van der Waals surface area contributed by atoms with Crippen LogP contribution in [0.4, 0.5) is 0 Å². The van der Waals surface area contributed by atoms with Crippen molar-refractivity contribution in [2.24, 2.45) is 0 Å². The van der Waals surface area contributed by atoms with Crippen LogP contribution < -0.4 is 4.74 Å². The zero-order valence-electron chi connectivity index (χ0n) is 3.72. The quantitative estimate of drug-likeness (QED) is 0.481. The van der Waals surface area contributed by atoms with Gasteiger partial charge in [0.15, 0.2) is 0 Å². The Hall–Kier alpha value is -0.980. The van der Waals surface area contributed by atoms with E-state index in [9.17, 15) is 0 Å². The number of rotatable bonds is 0. The molecule has 0 radical (unpaired) electrons. The molecular formula is C6H4O. The lowest BCUT2D eigenvalue weighted by molar-refractivity contribution is 0.438. The van der Waals surface area contributed by atoms with E-state index in [-0.39, 0.29) is 0 Å². The number of hydrogen-bond acceptors (Lipinski definition) is 1. The highest BCUT2D eigenvalue weighted by Gasteiger charge is 2.05. The third kappa shape index (κ3) is 0.270. The monoisotopic (exact) mass is 92.0 g/mol. The van der Waals surface area contributed by atoms with E-state index in [0.717, 1.165) is 11.5 Å². The topological polar surface area (TPSA) is 9.23 Å². The summed E-state index contributed by atoms with van der Waals surface area (Å²) in [7, 11) is 0. The maximum atomic E-state index is 5.01. The zero-order chi connectivity index (χ0) is 4.69. The van der Waals surface area contributed by atoms with Crippen molar-refractivity contribution in [1.29, 1.82) is 0 Å². The number of hydrogen-bond donors (Lipinski definition) is 0. The molecule has 2 heterocycles. The first kappa shape index (κ1) is 3.08. The molecule has 34 valence electrons. The Morgan fingerprint density at radius 3 is 1.86 bits per heavy atom. The van der Waals surface area contributed by atoms with E-state index < -0.39 is 0 Å². The standard InChI is InChI=1S/C6H4O/c1-2-5-4-6(3-1)7-5/h1-4H. The van der Waals surface area contributed by atoms with Crippen LogP contribution in [0.15, 0.2) is 24.3 Å². The second-order valence-corrected chi connectivity index (χ2v) is 1.58. The number of ether oxygens (including phenoxy) is 1. The molecule has 1 heteroatoms. The van der Waals surface area contributed by atoms with Crippen LogP contribution in [0.1, 0.15) is 0 Å². The smallest absolute Gasteiger partial charge is 0.131 e. The van der Waals surface area contributed by atoms with Crippen LogP contribution in [-0.2, 0) is 0 Å². The first-order chi connectivity index (χ1) is 3.45. The minimum atomic E-state index is 0.984. The van der Waals surface area contributed by atoms with Gasteiger partial charge in [0.05, 0.1) is 0 Å². The highest BCUT2D eigenvalue weighted by molar-refractivity contribution is 5.43. The first-order valence-electron chi connectivity index (χ1n) is 2.23. The van der Waals surface area contributed by atoms with E-state index in [0.29, 0.717) is 0 Å². The Morgan fingerprint density at radius 2 is 1.71 bits per heavy atom. The van der Waals surface area contributed by atoms with Crippen LogP contribution in [0.25, 0.3) is 0 Å². The van der Waals surface area contributed by atoms with Gasteiger partial charge in [-0.05, 0) is 12.1 Å². The molecule has 0 unspecified atom stereocenters. The van der Waals surface area contributed by atoms with Gasteiger partial charge in [0, 0.05) is 6.07 Å². The van der Waals surface area contributed by atoms with Gasteiger partial charge in [0.2, 0.25) is 0 Å². The SMILES string of the molecule is c1cc2cc(c1)O2. The zero-order valence-corrected chi connectivity index (χ0v) is 3.72. The molecule has 0 amide bonds. The van der Waals surface area contributed by atoms with Gasteiger partial charge >= 0.3 is 0 Å². The van der Waals surface area contributed by atoms with Crippen molar-refractivity contribution in [2.45, 2.75) is 0 Å². The van der Waals surface area contributed by atoms with E-state index in [2.05, 4.69) is 0 Å². The van der Waals surface area contributed by atoms with Gasteiger partial charge < -0.3 is 4.74 Å². The Bertz CT molecular complexity index is 168. The van der Waals surface area contributed by atoms with Crippen molar-refractivity contribution in [2.75, 3.05) is 0 Å². The normalized spacial score (nSPS) is 12.0. The van der Waals surface area contributed by atoms with E-state index in [1.165, 1.54) is 0 Å². The molecule has 0 spiro atoms. The summed E-state index contributed by atoms with van der Waals surface area (Å²) in [5.41, 5.74) is 0. The molecule has 2 bridgehead atoms. The third-order valence-electron chi connectivity index (χ3n) is 1.04. The number of fused-ring (bicyclic) bond motifs is 2. The summed E-state index contributed by atoms with van der Waals surface area (Å²) in [6.07, 6.45) is 0. The predicted molar refractivity (Wildman–Crippen MR) is 26.5 cm³/mol. The van der Waals surface area contributed by atoms with Crippen molar-refractivity contribution in [3.63, 3.8) is 0 Å². The third-order valence-corrected chi connectivity index (χ3v) is 1.04. The summed E-state index contributed by atoms with van der Waals surface area (Å²) in [5.74, 6) is 1.97. The van der Waals surface area contributed by atoms with Crippen LogP contribution in [0.3, 0.4) is 0 Å². The second-order valence-electron chi connectivity index (χ2n) is 1.58. The Morgan fingerprint density at radius 1 is 1.14 bits per heavy atom. The lowest BCUT2D eigenvalue weighted by Gasteiger charge is -2.13.